The first-order valence-electron chi connectivity index (χ1n) is 6.62. The number of nitrogens with zero attached hydrogens (tertiary/aromatic N) is 2. The monoisotopic (exact) mass is 400 g/mol. The van der Waals surface area contributed by atoms with Crippen LogP contribution in [0.3, 0.4) is 0 Å². The number of carboxylic acids is 1. The average molecular weight is 400 g/mol. The van der Waals surface area contributed by atoms with Gasteiger partial charge in [-0.2, -0.15) is 26.3 Å². The van der Waals surface area contributed by atoms with Crippen LogP contribution in [0.15, 0.2) is 29.0 Å². The van der Waals surface area contributed by atoms with E-state index < -0.39 is 30.8 Å². The number of halogens is 6. The number of primary amides is 1. The van der Waals surface area contributed by atoms with Crippen LogP contribution in [0.2, 0.25) is 0 Å². The first-order valence-corrected chi connectivity index (χ1v) is 6.62. The summed E-state index contributed by atoms with van der Waals surface area (Å²) in [5.41, 5.74) is 5.32. The van der Waals surface area contributed by atoms with Crippen LogP contribution in [0, 0.1) is 0 Å². The van der Waals surface area contributed by atoms with Gasteiger partial charge in [0.2, 0.25) is 5.89 Å². The molecule has 0 aliphatic rings. The predicted octanol–water partition coefficient (Wildman–Crippen LogP) is 2.44. The fourth-order valence-electron chi connectivity index (χ4n) is 1.37. The standard InChI is InChI=1S/C11H9F3N4O2.C2HF3O2/c12-11(13,14)5-17-8-3-6(1-2-16-8)10-18-7(4-20-10)9(15)19;3-2(4,5)1(6)7/h1-4H,5H2,(H2,15,19)(H,16,17);(H,6,7). The van der Waals surface area contributed by atoms with Gasteiger partial charge in [-0.1, -0.05) is 0 Å². The Hall–Kier alpha value is -3.32. The fourth-order valence-corrected chi connectivity index (χ4v) is 1.37. The maximum Gasteiger partial charge on any atom is 0.490 e. The first-order chi connectivity index (χ1) is 12.3. The zero-order valence-corrected chi connectivity index (χ0v) is 12.9. The summed E-state index contributed by atoms with van der Waals surface area (Å²) in [6.45, 7) is -1.21. The van der Waals surface area contributed by atoms with Gasteiger partial charge >= 0.3 is 18.3 Å². The van der Waals surface area contributed by atoms with Crippen molar-refractivity contribution < 1.29 is 45.5 Å². The van der Waals surface area contributed by atoms with E-state index >= 15 is 0 Å². The van der Waals surface area contributed by atoms with Crippen LogP contribution in [-0.4, -0.2) is 45.8 Å². The van der Waals surface area contributed by atoms with E-state index in [1.807, 2.05) is 0 Å². The molecule has 0 bridgehead atoms. The van der Waals surface area contributed by atoms with Crippen LogP contribution in [0.25, 0.3) is 11.5 Å². The fraction of sp³-hybridized carbons (Fsp3) is 0.231. The molecule has 2 heterocycles. The molecule has 0 aliphatic heterocycles. The van der Waals surface area contributed by atoms with Crippen molar-refractivity contribution in [2.75, 3.05) is 11.9 Å². The Labute approximate surface area is 146 Å². The van der Waals surface area contributed by atoms with E-state index in [-0.39, 0.29) is 17.4 Å². The van der Waals surface area contributed by atoms with Crippen molar-refractivity contribution >= 4 is 17.7 Å². The number of aliphatic carboxylic acids is 1. The van der Waals surface area contributed by atoms with Crippen LogP contribution in [0.5, 0.6) is 0 Å². The summed E-state index contributed by atoms with van der Waals surface area (Å²) in [7, 11) is 0. The van der Waals surface area contributed by atoms with Crippen LogP contribution in [0.4, 0.5) is 32.2 Å². The Morgan fingerprint density at radius 3 is 2.26 bits per heavy atom. The number of amides is 1. The second-order valence-electron chi connectivity index (χ2n) is 4.60. The van der Waals surface area contributed by atoms with Crippen molar-refractivity contribution in [3.8, 4) is 11.5 Å². The lowest BCUT2D eigenvalue weighted by Gasteiger charge is -2.08. The molecule has 0 radical (unpaired) electrons. The maximum absolute atomic E-state index is 12.1. The second kappa shape index (κ2) is 8.37. The van der Waals surface area contributed by atoms with Gasteiger partial charge in [-0.25, -0.2) is 14.8 Å². The van der Waals surface area contributed by atoms with E-state index in [0.29, 0.717) is 5.56 Å². The Morgan fingerprint density at radius 1 is 1.22 bits per heavy atom. The molecular weight excluding hydrogens is 390 g/mol. The van der Waals surface area contributed by atoms with Crippen LogP contribution >= 0.6 is 0 Å². The third-order valence-electron chi connectivity index (χ3n) is 2.48. The number of nitrogens with two attached hydrogens (primary N) is 1. The number of carboxylic acid groups (broad SMARTS) is 1. The van der Waals surface area contributed by atoms with Crippen molar-refractivity contribution in [3.63, 3.8) is 0 Å². The number of hydrogen-bond donors (Lipinski definition) is 3. The van der Waals surface area contributed by atoms with Crippen LogP contribution in [-0.2, 0) is 4.79 Å². The summed E-state index contributed by atoms with van der Waals surface area (Å²) in [6.07, 6.45) is -7.07. The largest absolute Gasteiger partial charge is 0.490 e. The molecule has 0 aliphatic carbocycles. The molecule has 1 amide bonds. The predicted molar refractivity (Wildman–Crippen MR) is 76.5 cm³/mol. The van der Waals surface area contributed by atoms with E-state index in [2.05, 4.69) is 15.3 Å². The minimum atomic E-state index is -5.08. The number of rotatable bonds is 4. The lowest BCUT2D eigenvalue weighted by molar-refractivity contribution is -0.192. The van der Waals surface area contributed by atoms with Gasteiger partial charge in [0, 0.05) is 11.8 Å². The van der Waals surface area contributed by atoms with E-state index in [0.717, 1.165) is 6.26 Å². The number of hydrogen-bond acceptors (Lipinski definition) is 6. The van der Waals surface area contributed by atoms with Crippen LogP contribution in [0.1, 0.15) is 10.5 Å². The highest BCUT2D eigenvalue weighted by molar-refractivity contribution is 5.90. The zero-order chi connectivity index (χ0) is 20.8. The van der Waals surface area contributed by atoms with Crippen molar-refractivity contribution in [1.29, 1.82) is 0 Å². The summed E-state index contributed by atoms with van der Waals surface area (Å²) < 4.78 is 73.0. The Kier molecular flexibility index (Phi) is 6.74. The number of pyridine rings is 1. The molecule has 148 valence electrons. The van der Waals surface area contributed by atoms with Crippen molar-refractivity contribution in [2.45, 2.75) is 12.4 Å². The van der Waals surface area contributed by atoms with Gasteiger partial charge in [-0.05, 0) is 12.1 Å². The van der Waals surface area contributed by atoms with Gasteiger partial charge in [0.15, 0.2) is 5.69 Å². The average Bonchev–Trinajstić information content (AvgIpc) is 3.02. The summed E-state index contributed by atoms with van der Waals surface area (Å²) in [5.74, 6) is -3.44. The minimum absolute atomic E-state index is 0.0126. The van der Waals surface area contributed by atoms with Crippen molar-refractivity contribution in [2.24, 2.45) is 5.73 Å². The van der Waals surface area contributed by atoms with E-state index in [4.69, 9.17) is 20.1 Å². The molecule has 2 aromatic rings. The molecule has 0 saturated carbocycles. The molecule has 4 N–H and O–H groups in total. The highest BCUT2D eigenvalue weighted by Gasteiger charge is 2.38. The Bertz CT molecular complexity index is 803. The van der Waals surface area contributed by atoms with Crippen molar-refractivity contribution in [3.05, 3.63) is 30.3 Å². The van der Waals surface area contributed by atoms with Gasteiger partial charge in [0.05, 0.1) is 0 Å². The number of anilines is 1. The highest BCUT2D eigenvalue weighted by Crippen LogP contribution is 2.22. The molecule has 0 fully saturated rings. The first kappa shape index (κ1) is 21.7. The number of aromatic nitrogens is 2. The highest BCUT2D eigenvalue weighted by atomic mass is 19.4. The molecule has 2 rings (SSSR count). The normalized spacial score (nSPS) is 11.3. The summed E-state index contributed by atoms with van der Waals surface area (Å²) >= 11 is 0. The molecule has 0 spiro atoms. The summed E-state index contributed by atoms with van der Waals surface area (Å²) in [6, 6.07) is 2.80. The molecular formula is C13H10F6N4O4. The maximum atomic E-state index is 12.1. The number of nitrogens with one attached hydrogen (secondary N) is 1. The van der Waals surface area contributed by atoms with Crippen LogP contribution < -0.4 is 11.1 Å². The smallest absolute Gasteiger partial charge is 0.475 e. The second-order valence-corrected chi connectivity index (χ2v) is 4.60. The molecule has 0 saturated heterocycles. The van der Waals surface area contributed by atoms with E-state index in [1.54, 1.807) is 0 Å². The molecule has 27 heavy (non-hydrogen) atoms. The lowest BCUT2D eigenvalue weighted by atomic mass is 10.2. The third-order valence-corrected chi connectivity index (χ3v) is 2.48. The topological polar surface area (TPSA) is 131 Å². The van der Waals surface area contributed by atoms with Gasteiger partial charge < -0.3 is 20.6 Å². The van der Waals surface area contributed by atoms with Gasteiger partial charge in [-0.3, -0.25) is 4.79 Å². The number of alkyl halides is 6. The molecule has 0 aromatic carbocycles. The number of carbonyl (C=O) groups excluding carboxylic acids is 1. The molecule has 0 unspecified atom stereocenters. The SMILES string of the molecule is NC(=O)c1coc(-c2ccnc(NCC(F)(F)F)c2)n1.O=C(O)C(F)(F)F. The number of carbonyl (C=O) groups is 2. The Balaban J connectivity index is 0.000000445. The minimum Gasteiger partial charge on any atom is -0.475 e. The molecule has 2 aromatic heterocycles. The third kappa shape index (κ3) is 7.62. The Morgan fingerprint density at radius 2 is 1.81 bits per heavy atom. The summed E-state index contributed by atoms with van der Waals surface area (Å²) in [5, 5.41) is 9.25. The number of oxazole rings is 1. The van der Waals surface area contributed by atoms with Gasteiger partial charge in [0.25, 0.3) is 5.91 Å². The van der Waals surface area contributed by atoms with E-state index in [1.165, 1.54) is 18.3 Å². The molecule has 14 heteroatoms. The zero-order valence-electron chi connectivity index (χ0n) is 12.9. The quantitative estimate of drug-likeness (QED) is 0.672. The van der Waals surface area contributed by atoms with Gasteiger partial charge in [-0.15, -0.1) is 0 Å². The van der Waals surface area contributed by atoms with Crippen molar-refractivity contribution in [1.82, 2.24) is 9.97 Å². The van der Waals surface area contributed by atoms with Gasteiger partial charge in [0.1, 0.15) is 18.6 Å². The lowest BCUT2D eigenvalue weighted by Crippen LogP contribution is -2.21. The molecule has 0 atom stereocenters. The van der Waals surface area contributed by atoms with E-state index in [9.17, 15) is 31.1 Å². The molecule has 8 nitrogen and oxygen atoms in total. The summed E-state index contributed by atoms with van der Waals surface area (Å²) in [4.78, 5) is 27.3.